The Labute approximate surface area is 83.9 Å². The van der Waals surface area contributed by atoms with Gasteiger partial charge in [-0.1, -0.05) is 18.2 Å². The number of amides is 1. The first kappa shape index (κ1) is 11.9. The second-order valence-corrected chi connectivity index (χ2v) is 2.73. The maximum atomic E-state index is 11.4. The molecule has 1 aromatic carbocycles. The topological polar surface area (TPSA) is 46.3 Å². The lowest BCUT2D eigenvalue weighted by Gasteiger charge is -2.11. The minimum atomic E-state index is -0.159. The van der Waals surface area contributed by atoms with E-state index in [4.69, 9.17) is 5.84 Å². The van der Waals surface area contributed by atoms with E-state index in [9.17, 15) is 4.79 Å². The highest BCUT2D eigenvalue weighted by Crippen LogP contribution is 2.07. The van der Waals surface area contributed by atoms with Crippen LogP contribution in [0.25, 0.3) is 0 Å². The normalized spacial score (nSPS) is 8.85. The van der Waals surface area contributed by atoms with Gasteiger partial charge in [0, 0.05) is 12.6 Å². The lowest BCUT2D eigenvalue weighted by molar-refractivity contribution is 0.0794. The number of nitrogens with zero attached hydrogens (tertiary/aromatic N) is 1. The van der Waals surface area contributed by atoms with Gasteiger partial charge in [0.1, 0.15) is 0 Å². The van der Waals surface area contributed by atoms with Crippen LogP contribution in [0.3, 0.4) is 0 Å². The molecule has 0 fully saturated rings. The fourth-order valence-electron chi connectivity index (χ4n) is 1.00. The molecule has 0 bridgehead atoms. The summed E-state index contributed by atoms with van der Waals surface area (Å²) in [6.07, 6.45) is 0. The van der Waals surface area contributed by atoms with Crippen LogP contribution in [-0.2, 0) is 0 Å². The van der Waals surface area contributed by atoms with E-state index in [2.05, 4.69) is 0 Å². The number of halogens is 1. The van der Waals surface area contributed by atoms with E-state index in [1.165, 1.54) is 7.05 Å². The van der Waals surface area contributed by atoms with Crippen molar-refractivity contribution in [2.24, 2.45) is 5.84 Å². The highest BCUT2D eigenvalue weighted by atomic mass is 35.5. The van der Waals surface area contributed by atoms with Gasteiger partial charge in [0.05, 0.1) is 0 Å². The number of carbonyl (C=O) groups is 1. The van der Waals surface area contributed by atoms with Crippen molar-refractivity contribution in [3.63, 3.8) is 0 Å². The third-order valence-corrected chi connectivity index (χ3v) is 1.70. The minimum Gasteiger partial charge on any atom is -0.280 e. The lowest BCUT2D eigenvalue weighted by Crippen LogP contribution is -2.33. The quantitative estimate of drug-likeness (QED) is 0.423. The molecular formula is C9H13ClN2O. The van der Waals surface area contributed by atoms with Gasteiger partial charge in [-0.15, -0.1) is 12.4 Å². The Balaban J connectivity index is 0.00000144. The van der Waals surface area contributed by atoms with Crippen LogP contribution < -0.4 is 5.84 Å². The van der Waals surface area contributed by atoms with Crippen molar-refractivity contribution in [1.29, 1.82) is 0 Å². The number of rotatable bonds is 1. The van der Waals surface area contributed by atoms with E-state index in [0.29, 0.717) is 5.56 Å². The molecular weight excluding hydrogens is 188 g/mol. The van der Waals surface area contributed by atoms with E-state index >= 15 is 0 Å². The van der Waals surface area contributed by atoms with Crippen LogP contribution >= 0.6 is 12.4 Å². The molecule has 0 saturated heterocycles. The molecule has 72 valence electrons. The summed E-state index contributed by atoms with van der Waals surface area (Å²) < 4.78 is 0. The van der Waals surface area contributed by atoms with E-state index in [0.717, 1.165) is 10.6 Å². The van der Waals surface area contributed by atoms with Gasteiger partial charge in [-0.05, 0) is 18.6 Å². The van der Waals surface area contributed by atoms with Gasteiger partial charge in [-0.2, -0.15) is 0 Å². The molecule has 0 aromatic heterocycles. The van der Waals surface area contributed by atoms with Crippen molar-refractivity contribution in [3.05, 3.63) is 35.4 Å². The second kappa shape index (κ2) is 4.84. The first-order valence-electron chi connectivity index (χ1n) is 3.71. The summed E-state index contributed by atoms with van der Waals surface area (Å²) in [6, 6.07) is 7.37. The van der Waals surface area contributed by atoms with Crippen LogP contribution in [0.1, 0.15) is 15.9 Å². The smallest absolute Gasteiger partial charge is 0.267 e. The molecule has 0 radical (unpaired) electrons. The van der Waals surface area contributed by atoms with Gasteiger partial charge in [-0.3, -0.25) is 9.80 Å². The third kappa shape index (κ3) is 2.72. The SMILES string of the molecule is Cc1ccccc1C(=O)N(C)N.Cl. The fourth-order valence-corrected chi connectivity index (χ4v) is 1.00. The van der Waals surface area contributed by atoms with Gasteiger partial charge < -0.3 is 0 Å². The molecule has 0 aliphatic carbocycles. The Bertz CT molecular complexity index is 299. The maximum absolute atomic E-state index is 11.4. The average molecular weight is 201 g/mol. The molecule has 0 spiro atoms. The van der Waals surface area contributed by atoms with Gasteiger partial charge >= 0.3 is 0 Å². The molecule has 1 aromatic rings. The molecule has 0 unspecified atom stereocenters. The Kier molecular flexibility index (Phi) is 4.45. The van der Waals surface area contributed by atoms with E-state index in [1.54, 1.807) is 6.07 Å². The fraction of sp³-hybridized carbons (Fsp3) is 0.222. The van der Waals surface area contributed by atoms with Crippen molar-refractivity contribution < 1.29 is 4.79 Å². The highest BCUT2D eigenvalue weighted by Gasteiger charge is 2.09. The second-order valence-electron chi connectivity index (χ2n) is 2.73. The van der Waals surface area contributed by atoms with Crippen molar-refractivity contribution in [1.82, 2.24) is 5.01 Å². The Hall–Kier alpha value is -1.06. The van der Waals surface area contributed by atoms with Crippen LogP contribution in [-0.4, -0.2) is 18.0 Å². The van der Waals surface area contributed by atoms with Crippen LogP contribution in [0.4, 0.5) is 0 Å². The highest BCUT2D eigenvalue weighted by molar-refractivity contribution is 5.94. The summed E-state index contributed by atoms with van der Waals surface area (Å²) in [7, 11) is 1.54. The first-order chi connectivity index (χ1) is 5.63. The largest absolute Gasteiger partial charge is 0.280 e. The Morgan fingerprint density at radius 1 is 1.38 bits per heavy atom. The minimum absolute atomic E-state index is 0. The summed E-state index contributed by atoms with van der Waals surface area (Å²) in [5, 5.41) is 1.09. The van der Waals surface area contributed by atoms with Crippen molar-refractivity contribution >= 4 is 18.3 Å². The molecule has 2 N–H and O–H groups in total. The number of benzene rings is 1. The summed E-state index contributed by atoms with van der Waals surface area (Å²) in [4.78, 5) is 11.4. The predicted molar refractivity (Wildman–Crippen MR) is 54.7 cm³/mol. The number of carbonyl (C=O) groups excluding carboxylic acids is 1. The zero-order valence-electron chi connectivity index (χ0n) is 7.65. The lowest BCUT2D eigenvalue weighted by atomic mass is 10.1. The number of hydrazine groups is 1. The molecule has 4 heteroatoms. The zero-order valence-corrected chi connectivity index (χ0v) is 8.47. The first-order valence-corrected chi connectivity index (χ1v) is 3.71. The molecule has 1 rings (SSSR count). The summed E-state index contributed by atoms with van der Waals surface area (Å²) in [5.74, 6) is 5.16. The molecule has 13 heavy (non-hydrogen) atoms. The van der Waals surface area contributed by atoms with E-state index in [1.807, 2.05) is 25.1 Å². The van der Waals surface area contributed by atoms with Gasteiger partial charge in [0.2, 0.25) is 0 Å². The molecule has 3 nitrogen and oxygen atoms in total. The average Bonchev–Trinajstić information content (AvgIpc) is 2.04. The molecule has 1 amide bonds. The van der Waals surface area contributed by atoms with Gasteiger partial charge in [-0.25, -0.2) is 5.84 Å². The summed E-state index contributed by atoms with van der Waals surface area (Å²) in [6.45, 7) is 1.89. The summed E-state index contributed by atoms with van der Waals surface area (Å²) in [5.41, 5.74) is 1.60. The van der Waals surface area contributed by atoms with E-state index < -0.39 is 0 Å². The number of aryl methyl sites for hydroxylation is 1. The Morgan fingerprint density at radius 2 is 1.92 bits per heavy atom. The molecule has 0 atom stereocenters. The summed E-state index contributed by atoms with van der Waals surface area (Å²) >= 11 is 0. The maximum Gasteiger partial charge on any atom is 0.267 e. The molecule has 0 saturated carbocycles. The standard InChI is InChI=1S/C9H12N2O.ClH/c1-7-5-3-4-6-8(7)9(12)11(2)10;/h3-6H,10H2,1-2H3;1H. The van der Waals surface area contributed by atoms with Crippen molar-refractivity contribution in [2.45, 2.75) is 6.92 Å². The predicted octanol–water partition coefficient (Wildman–Crippen LogP) is 1.36. The number of hydrogen-bond donors (Lipinski definition) is 1. The van der Waals surface area contributed by atoms with Crippen LogP contribution in [0.2, 0.25) is 0 Å². The monoisotopic (exact) mass is 200 g/mol. The van der Waals surface area contributed by atoms with E-state index in [-0.39, 0.29) is 18.3 Å². The number of hydrogen-bond acceptors (Lipinski definition) is 2. The number of nitrogens with two attached hydrogens (primary N) is 1. The molecule has 0 heterocycles. The molecule has 0 aliphatic heterocycles. The van der Waals surface area contributed by atoms with Crippen LogP contribution in [0.5, 0.6) is 0 Å². The van der Waals surface area contributed by atoms with Gasteiger partial charge in [0.25, 0.3) is 5.91 Å². The van der Waals surface area contributed by atoms with Crippen LogP contribution in [0.15, 0.2) is 24.3 Å². The zero-order chi connectivity index (χ0) is 9.14. The van der Waals surface area contributed by atoms with Crippen molar-refractivity contribution in [3.8, 4) is 0 Å². The van der Waals surface area contributed by atoms with Crippen molar-refractivity contribution in [2.75, 3.05) is 7.05 Å². The molecule has 0 aliphatic rings. The van der Waals surface area contributed by atoms with Crippen LogP contribution in [0, 0.1) is 6.92 Å². The third-order valence-electron chi connectivity index (χ3n) is 1.70. The Morgan fingerprint density at radius 3 is 2.38 bits per heavy atom. The van der Waals surface area contributed by atoms with Gasteiger partial charge in [0.15, 0.2) is 0 Å².